The Morgan fingerprint density at radius 1 is 1.15 bits per heavy atom. The highest BCUT2D eigenvalue weighted by Gasteiger charge is 1.99. The molecule has 0 amide bonds. The Morgan fingerprint density at radius 3 is 2.69 bits per heavy atom. The smallest absolute Gasteiger partial charge is 0.109 e. The minimum Gasteiger partial charge on any atom is -0.241 e. The number of hydrogen-bond donors (Lipinski definition) is 0. The third-order valence-electron chi connectivity index (χ3n) is 2.10. The molecule has 0 spiro atoms. The topological polar surface area (TPSA) is 12.9 Å². The quantitative estimate of drug-likeness (QED) is 0.636. The first-order chi connectivity index (χ1) is 6.16. The van der Waals surface area contributed by atoms with Gasteiger partial charge in [-0.15, -0.1) is 0 Å². The van der Waals surface area contributed by atoms with E-state index in [0.717, 1.165) is 10.1 Å². The van der Waals surface area contributed by atoms with E-state index in [9.17, 15) is 0 Å². The van der Waals surface area contributed by atoms with Crippen LogP contribution in [0.25, 0.3) is 10.9 Å². The van der Waals surface area contributed by atoms with Crippen LogP contribution in [0.5, 0.6) is 0 Å². The highest BCUT2D eigenvalue weighted by Crippen LogP contribution is 2.20. The van der Waals surface area contributed by atoms with Crippen molar-refractivity contribution in [1.29, 1.82) is 0 Å². The maximum absolute atomic E-state index is 4.43. The van der Waals surface area contributed by atoms with Gasteiger partial charge in [-0.05, 0) is 53.5 Å². The van der Waals surface area contributed by atoms with Crippen molar-refractivity contribution in [3.05, 3.63) is 40.0 Å². The Bertz CT molecular complexity index is 463. The van der Waals surface area contributed by atoms with E-state index < -0.39 is 0 Å². The summed E-state index contributed by atoms with van der Waals surface area (Å²) in [5, 5.41) is 1.21. The highest BCUT2D eigenvalue weighted by atomic mass is 79.9. The summed E-state index contributed by atoms with van der Waals surface area (Å²) in [4.78, 5) is 4.43. The van der Waals surface area contributed by atoms with Crippen molar-refractivity contribution in [3.63, 3.8) is 0 Å². The molecule has 66 valence electrons. The van der Waals surface area contributed by atoms with E-state index in [4.69, 9.17) is 0 Å². The molecule has 0 N–H and O–H groups in total. The number of rotatable bonds is 0. The molecule has 0 aliphatic carbocycles. The van der Waals surface area contributed by atoms with Gasteiger partial charge in [0.05, 0.1) is 5.52 Å². The van der Waals surface area contributed by atoms with Gasteiger partial charge >= 0.3 is 0 Å². The lowest BCUT2D eigenvalue weighted by molar-refractivity contribution is 1.27. The molecule has 0 saturated carbocycles. The Kier molecular flexibility index (Phi) is 2.08. The first kappa shape index (κ1) is 8.70. The maximum atomic E-state index is 4.43. The van der Waals surface area contributed by atoms with E-state index in [0.29, 0.717) is 0 Å². The minimum absolute atomic E-state index is 0.934. The number of pyridine rings is 1. The molecule has 0 bridgehead atoms. The van der Waals surface area contributed by atoms with Crippen LogP contribution in [-0.4, -0.2) is 4.98 Å². The normalized spacial score (nSPS) is 10.7. The predicted molar refractivity (Wildman–Crippen MR) is 58.9 cm³/mol. The van der Waals surface area contributed by atoms with E-state index in [1.54, 1.807) is 0 Å². The first-order valence-corrected chi connectivity index (χ1v) is 4.99. The molecule has 0 unspecified atom stereocenters. The molecule has 2 heteroatoms. The van der Waals surface area contributed by atoms with Crippen LogP contribution in [0.15, 0.2) is 28.9 Å². The standard InChI is InChI=1S/C11H10BrN/c1-7-3-4-10-9(5-7)6-8(2)11(12)13-10/h3-6H,1-2H3. The van der Waals surface area contributed by atoms with Crippen molar-refractivity contribution in [2.45, 2.75) is 13.8 Å². The van der Waals surface area contributed by atoms with Crippen molar-refractivity contribution >= 4 is 26.8 Å². The number of benzene rings is 1. The van der Waals surface area contributed by atoms with Gasteiger partial charge in [0.25, 0.3) is 0 Å². The van der Waals surface area contributed by atoms with Gasteiger partial charge < -0.3 is 0 Å². The van der Waals surface area contributed by atoms with E-state index in [1.807, 2.05) is 0 Å². The fourth-order valence-corrected chi connectivity index (χ4v) is 1.68. The maximum Gasteiger partial charge on any atom is 0.109 e. The zero-order chi connectivity index (χ0) is 9.42. The van der Waals surface area contributed by atoms with Gasteiger partial charge in [-0.2, -0.15) is 0 Å². The molecular weight excluding hydrogens is 226 g/mol. The SMILES string of the molecule is Cc1ccc2nc(Br)c(C)cc2c1. The zero-order valence-electron chi connectivity index (χ0n) is 7.63. The van der Waals surface area contributed by atoms with Gasteiger partial charge in [0.15, 0.2) is 0 Å². The number of aryl methyl sites for hydroxylation is 2. The van der Waals surface area contributed by atoms with Gasteiger partial charge in [-0.1, -0.05) is 11.6 Å². The van der Waals surface area contributed by atoms with Crippen LogP contribution in [0.3, 0.4) is 0 Å². The van der Waals surface area contributed by atoms with Crippen LogP contribution in [0.4, 0.5) is 0 Å². The second kappa shape index (κ2) is 3.11. The zero-order valence-corrected chi connectivity index (χ0v) is 9.22. The largest absolute Gasteiger partial charge is 0.241 e. The van der Waals surface area contributed by atoms with Crippen LogP contribution in [0, 0.1) is 13.8 Å². The molecule has 0 aliphatic heterocycles. The van der Waals surface area contributed by atoms with Crippen LogP contribution in [-0.2, 0) is 0 Å². The summed E-state index contributed by atoms with van der Waals surface area (Å²) >= 11 is 3.42. The number of fused-ring (bicyclic) bond motifs is 1. The Balaban J connectivity index is 2.81. The first-order valence-electron chi connectivity index (χ1n) is 4.20. The summed E-state index contributed by atoms with van der Waals surface area (Å²) < 4.78 is 0.934. The van der Waals surface area contributed by atoms with Crippen LogP contribution in [0.2, 0.25) is 0 Å². The monoisotopic (exact) mass is 235 g/mol. The van der Waals surface area contributed by atoms with Gasteiger partial charge in [0.1, 0.15) is 4.60 Å². The van der Waals surface area contributed by atoms with Gasteiger partial charge in [-0.25, -0.2) is 4.98 Å². The fraction of sp³-hybridized carbons (Fsp3) is 0.182. The summed E-state index contributed by atoms with van der Waals surface area (Å²) in [5.74, 6) is 0. The summed E-state index contributed by atoms with van der Waals surface area (Å²) in [6, 6.07) is 8.44. The Labute approximate surface area is 85.9 Å². The highest BCUT2D eigenvalue weighted by molar-refractivity contribution is 9.10. The average Bonchev–Trinajstić information content (AvgIpc) is 2.08. The number of nitrogens with zero attached hydrogens (tertiary/aromatic N) is 1. The molecule has 1 aromatic carbocycles. The van der Waals surface area contributed by atoms with Crippen LogP contribution in [0.1, 0.15) is 11.1 Å². The van der Waals surface area contributed by atoms with E-state index in [1.165, 1.54) is 16.5 Å². The molecule has 2 aromatic rings. The van der Waals surface area contributed by atoms with Crippen molar-refractivity contribution in [2.75, 3.05) is 0 Å². The number of halogens is 1. The number of aromatic nitrogens is 1. The van der Waals surface area contributed by atoms with Crippen molar-refractivity contribution in [2.24, 2.45) is 0 Å². The van der Waals surface area contributed by atoms with Crippen molar-refractivity contribution in [3.8, 4) is 0 Å². The van der Waals surface area contributed by atoms with Gasteiger partial charge in [0, 0.05) is 5.39 Å². The Hall–Kier alpha value is -0.890. The predicted octanol–water partition coefficient (Wildman–Crippen LogP) is 3.61. The second-order valence-electron chi connectivity index (χ2n) is 3.29. The summed E-state index contributed by atoms with van der Waals surface area (Å²) in [6.07, 6.45) is 0. The molecule has 0 radical (unpaired) electrons. The lowest BCUT2D eigenvalue weighted by Gasteiger charge is -2.02. The lowest BCUT2D eigenvalue weighted by atomic mass is 10.1. The molecule has 0 atom stereocenters. The van der Waals surface area contributed by atoms with Crippen molar-refractivity contribution in [1.82, 2.24) is 4.98 Å². The van der Waals surface area contributed by atoms with E-state index >= 15 is 0 Å². The fourth-order valence-electron chi connectivity index (χ4n) is 1.38. The minimum atomic E-state index is 0.934. The third-order valence-corrected chi connectivity index (χ3v) is 2.90. The summed E-state index contributed by atoms with van der Waals surface area (Å²) in [7, 11) is 0. The number of hydrogen-bond acceptors (Lipinski definition) is 1. The van der Waals surface area contributed by atoms with Crippen molar-refractivity contribution < 1.29 is 0 Å². The van der Waals surface area contributed by atoms with E-state index in [-0.39, 0.29) is 0 Å². The van der Waals surface area contributed by atoms with Gasteiger partial charge in [-0.3, -0.25) is 0 Å². The van der Waals surface area contributed by atoms with Gasteiger partial charge in [0.2, 0.25) is 0 Å². The van der Waals surface area contributed by atoms with Crippen LogP contribution >= 0.6 is 15.9 Å². The Morgan fingerprint density at radius 2 is 1.92 bits per heavy atom. The summed E-state index contributed by atoms with van der Waals surface area (Å²) in [6.45, 7) is 4.15. The molecule has 1 heterocycles. The van der Waals surface area contributed by atoms with Crippen LogP contribution < -0.4 is 0 Å². The molecule has 1 nitrogen and oxygen atoms in total. The second-order valence-corrected chi connectivity index (χ2v) is 4.04. The van der Waals surface area contributed by atoms with E-state index in [2.05, 4.69) is 59.0 Å². The molecule has 1 aromatic heterocycles. The molecular formula is C11H10BrN. The molecule has 2 rings (SSSR count). The molecule has 0 saturated heterocycles. The lowest BCUT2D eigenvalue weighted by Crippen LogP contribution is -1.85. The average molecular weight is 236 g/mol. The molecule has 0 fully saturated rings. The summed E-state index contributed by atoms with van der Waals surface area (Å²) in [5.41, 5.74) is 3.50. The molecule has 0 aliphatic rings. The third kappa shape index (κ3) is 1.59. The molecule has 13 heavy (non-hydrogen) atoms.